The number of carbonyl (C=O) groups is 1. The first kappa shape index (κ1) is 22.2. The van der Waals surface area contributed by atoms with Gasteiger partial charge in [-0.15, -0.1) is 0 Å². The summed E-state index contributed by atoms with van der Waals surface area (Å²) in [6, 6.07) is 5.22. The number of hydrogen-bond donors (Lipinski definition) is 0. The lowest BCUT2D eigenvalue weighted by Crippen LogP contribution is -2.70. The van der Waals surface area contributed by atoms with Crippen molar-refractivity contribution in [2.24, 2.45) is 23.7 Å². The molecule has 7 atom stereocenters. The lowest BCUT2D eigenvalue weighted by Gasteiger charge is -2.58. The Balaban J connectivity index is 1.32. The van der Waals surface area contributed by atoms with Crippen LogP contribution in [0.25, 0.3) is 0 Å². The summed E-state index contributed by atoms with van der Waals surface area (Å²) in [7, 11) is 0. The van der Waals surface area contributed by atoms with Gasteiger partial charge in [-0.2, -0.15) is 13.2 Å². The molecule has 0 aromatic heterocycles. The molecule has 1 saturated carbocycles. The number of esters is 1. The minimum atomic E-state index is -4.34. The summed E-state index contributed by atoms with van der Waals surface area (Å²) >= 11 is 0. The fourth-order valence-electron chi connectivity index (χ4n) is 6.32. The van der Waals surface area contributed by atoms with E-state index in [0.717, 1.165) is 37.0 Å². The Kier molecular flexibility index (Phi) is 5.34. The molecule has 0 N–H and O–H groups in total. The van der Waals surface area contributed by atoms with E-state index in [9.17, 15) is 18.0 Å². The van der Waals surface area contributed by atoms with Crippen LogP contribution in [-0.4, -0.2) is 23.6 Å². The van der Waals surface area contributed by atoms with Gasteiger partial charge in [-0.1, -0.05) is 19.1 Å². The molecular weight excluding hydrogens is 425 g/mol. The maximum absolute atomic E-state index is 13.0. The van der Waals surface area contributed by atoms with Gasteiger partial charge in [-0.25, -0.2) is 9.78 Å². The molecule has 1 unspecified atom stereocenters. The smallest absolute Gasteiger partial charge is 0.416 e. The number of fused-ring (bicyclic) bond motifs is 2. The van der Waals surface area contributed by atoms with Crippen LogP contribution >= 0.6 is 0 Å². The number of ether oxygens (including phenoxy) is 2. The first-order chi connectivity index (χ1) is 15.1. The summed E-state index contributed by atoms with van der Waals surface area (Å²) in [6.07, 6.45) is 0.154. The van der Waals surface area contributed by atoms with Crippen LogP contribution in [0.5, 0.6) is 0 Å². The molecule has 5 fully saturated rings. The van der Waals surface area contributed by atoms with E-state index in [1.807, 2.05) is 6.92 Å². The number of rotatable bonds is 4. The standard InChI is InChI=1S/C24H29F3O5/c1-14-6-11-19-17(5-3-4-15-7-9-16(10-8-15)24(25,26)27)20(28)29-21-23(19)18(14)12-13-22(2,30-21)31-32-23/h7-10,14,17-19,21H,3-6,11-13H2,1-2H3/t14-,17-,18+,19+,21?,22+,23-/m1/s1. The van der Waals surface area contributed by atoms with Gasteiger partial charge in [0.05, 0.1) is 11.5 Å². The number of aryl methyl sites for hydroxylation is 1. The van der Waals surface area contributed by atoms with E-state index in [-0.39, 0.29) is 23.7 Å². The first-order valence-electron chi connectivity index (χ1n) is 11.5. The second-order valence-corrected chi connectivity index (χ2v) is 10.0. The maximum Gasteiger partial charge on any atom is 0.416 e. The van der Waals surface area contributed by atoms with Gasteiger partial charge in [0.1, 0.15) is 0 Å². The van der Waals surface area contributed by atoms with Crippen LogP contribution in [0.3, 0.4) is 0 Å². The lowest BCUT2D eigenvalue weighted by atomic mass is 9.57. The fraction of sp³-hybridized carbons (Fsp3) is 0.708. The molecule has 0 radical (unpaired) electrons. The van der Waals surface area contributed by atoms with Gasteiger partial charge in [0, 0.05) is 18.3 Å². The van der Waals surface area contributed by atoms with Crippen molar-refractivity contribution in [2.45, 2.75) is 82.6 Å². The maximum atomic E-state index is 13.0. The van der Waals surface area contributed by atoms with Crippen LogP contribution in [0.1, 0.15) is 63.5 Å². The molecule has 1 aliphatic carbocycles. The largest absolute Gasteiger partial charge is 0.432 e. The number of hydrogen-bond acceptors (Lipinski definition) is 5. The molecule has 32 heavy (non-hydrogen) atoms. The van der Waals surface area contributed by atoms with E-state index in [2.05, 4.69) is 6.92 Å². The quantitative estimate of drug-likeness (QED) is 0.449. The molecule has 8 heteroatoms. The van der Waals surface area contributed by atoms with E-state index >= 15 is 0 Å². The van der Waals surface area contributed by atoms with Crippen LogP contribution < -0.4 is 0 Å². The molecule has 4 saturated heterocycles. The van der Waals surface area contributed by atoms with E-state index in [1.165, 1.54) is 12.1 Å². The van der Waals surface area contributed by atoms with Crippen molar-refractivity contribution in [3.63, 3.8) is 0 Å². The van der Waals surface area contributed by atoms with Gasteiger partial charge in [0.15, 0.2) is 5.60 Å². The van der Waals surface area contributed by atoms with Crippen LogP contribution in [0.4, 0.5) is 13.2 Å². The van der Waals surface area contributed by atoms with Gasteiger partial charge in [0.25, 0.3) is 0 Å². The van der Waals surface area contributed by atoms with Gasteiger partial charge >= 0.3 is 12.1 Å². The van der Waals surface area contributed by atoms with Crippen LogP contribution in [0, 0.1) is 23.7 Å². The summed E-state index contributed by atoms with van der Waals surface area (Å²) < 4.78 is 50.3. The Morgan fingerprint density at radius 1 is 1.06 bits per heavy atom. The average molecular weight is 454 g/mol. The van der Waals surface area contributed by atoms with E-state index < -0.39 is 29.4 Å². The lowest BCUT2D eigenvalue weighted by molar-refractivity contribution is -0.559. The molecule has 5 nitrogen and oxygen atoms in total. The Hall–Kier alpha value is -1.64. The summed E-state index contributed by atoms with van der Waals surface area (Å²) in [6.45, 7) is 4.04. The summed E-state index contributed by atoms with van der Waals surface area (Å²) in [4.78, 5) is 24.8. The molecule has 0 amide bonds. The minimum Gasteiger partial charge on any atom is -0.432 e. The summed E-state index contributed by atoms with van der Waals surface area (Å²) in [5.74, 6) is -0.999. The van der Waals surface area contributed by atoms with Gasteiger partial charge in [-0.3, -0.25) is 4.79 Å². The summed E-state index contributed by atoms with van der Waals surface area (Å²) in [5.41, 5.74) is -0.626. The van der Waals surface area contributed by atoms with Crippen molar-refractivity contribution in [1.82, 2.24) is 0 Å². The van der Waals surface area contributed by atoms with E-state index in [4.69, 9.17) is 19.2 Å². The van der Waals surface area contributed by atoms with Crippen LogP contribution in [-0.2, 0) is 36.6 Å². The number of halogens is 3. The fourth-order valence-corrected chi connectivity index (χ4v) is 6.32. The molecule has 6 rings (SSSR count). The Bertz CT molecular complexity index is 871. The molecule has 1 aromatic carbocycles. The molecule has 5 aliphatic rings. The minimum absolute atomic E-state index is 0.0646. The van der Waals surface area contributed by atoms with Crippen molar-refractivity contribution in [1.29, 1.82) is 0 Å². The van der Waals surface area contributed by atoms with Crippen molar-refractivity contribution in [3.8, 4) is 0 Å². The van der Waals surface area contributed by atoms with Gasteiger partial charge < -0.3 is 9.47 Å². The third-order valence-electron chi connectivity index (χ3n) is 8.05. The Labute approximate surface area is 185 Å². The van der Waals surface area contributed by atoms with Crippen molar-refractivity contribution in [2.75, 3.05) is 0 Å². The third kappa shape index (κ3) is 3.55. The predicted molar refractivity (Wildman–Crippen MR) is 107 cm³/mol. The Morgan fingerprint density at radius 2 is 1.81 bits per heavy atom. The van der Waals surface area contributed by atoms with Crippen LogP contribution in [0.15, 0.2) is 24.3 Å². The highest BCUT2D eigenvalue weighted by atomic mass is 19.4. The second kappa shape index (κ2) is 7.71. The number of alkyl halides is 3. The highest BCUT2D eigenvalue weighted by Crippen LogP contribution is 2.60. The van der Waals surface area contributed by atoms with E-state index in [0.29, 0.717) is 31.6 Å². The monoisotopic (exact) mass is 454 g/mol. The highest BCUT2D eigenvalue weighted by Gasteiger charge is 2.70. The van der Waals surface area contributed by atoms with Crippen molar-refractivity contribution >= 4 is 5.97 Å². The normalized spacial score (nSPS) is 41.0. The summed E-state index contributed by atoms with van der Waals surface area (Å²) in [5, 5.41) is 0. The number of carbonyl (C=O) groups excluding carboxylic acids is 1. The van der Waals surface area contributed by atoms with E-state index in [1.54, 1.807) is 0 Å². The highest BCUT2D eigenvalue weighted by molar-refractivity contribution is 5.74. The molecule has 1 spiro atoms. The van der Waals surface area contributed by atoms with Crippen molar-refractivity contribution < 1.29 is 37.2 Å². The van der Waals surface area contributed by atoms with Gasteiger partial charge in [-0.05, 0) is 69.1 Å². The first-order valence-corrected chi connectivity index (χ1v) is 11.5. The van der Waals surface area contributed by atoms with Crippen molar-refractivity contribution in [3.05, 3.63) is 35.4 Å². The molecule has 4 aliphatic heterocycles. The predicted octanol–water partition coefficient (Wildman–Crippen LogP) is 5.42. The van der Waals surface area contributed by atoms with Gasteiger partial charge in [0.2, 0.25) is 12.1 Å². The second-order valence-electron chi connectivity index (χ2n) is 10.0. The molecule has 1 aromatic rings. The molecular formula is C24H29F3O5. The molecule has 2 bridgehead atoms. The topological polar surface area (TPSA) is 54.0 Å². The number of benzene rings is 1. The Morgan fingerprint density at radius 3 is 2.53 bits per heavy atom. The third-order valence-corrected chi connectivity index (χ3v) is 8.05. The molecule has 4 heterocycles. The zero-order valence-corrected chi connectivity index (χ0v) is 18.3. The SMILES string of the molecule is C[C@@H]1CC[C@H]2[C@@H](CCCc3ccc(C(F)(F)F)cc3)C(=O)OC3O[C@]4(C)CC[C@@H]1[C@]32OO4. The zero-order valence-electron chi connectivity index (χ0n) is 18.3. The van der Waals surface area contributed by atoms with Crippen LogP contribution in [0.2, 0.25) is 0 Å². The average Bonchev–Trinajstić information content (AvgIpc) is 2.96. The molecule has 176 valence electrons. The zero-order chi connectivity index (χ0) is 22.7.